The predicted molar refractivity (Wildman–Crippen MR) is 62.0 cm³/mol. The fraction of sp³-hybridized carbons (Fsp3) is 0.538. The van der Waals surface area contributed by atoms with Crippen molar-refractivity contribution < 1.29 is 13.2 Å². The molecular weight excluding hydrogens is 227 g/mol. The van der Waals surface area contributed by atoms with E-state index in [2.05, 4.69) is 5.32 Å². The first-order valence-corrected chi connectivity index (χ1v) is 5.87. The van der Waals surface area contributed by atoms with Crippen LogP contribution in [0.25, 0.3) is 0 Å². The third-order valence-corrected chi connectivity index (χ3v) is 3.33. The van der Waals surface area contributed by atoms with E-state index < -0.39 is 12.6 Å². The fourth-order valence-electron chi connectivity index (χ4n) is 2.35. The molecule has 1 aromatic rings. The van der Waals surface area contributed by atoms with Gasteiger partial charge in [-0.05, 0) is 30.4 Å². The first-order valence-electron chi connectivity index (χ1n) is 5.87. The Hall–Kier alpha value is -1.19. The summed E-state index contributed by atoms with van der Waals surface area (Å²) >= 11 is 0. The first kappa shape index (κ1) is 12.3. The van der Waals surface area contributed by atoms with Crippen LogP contribution in [0.1, 0.15) is 25.3 Å². The van der Waals surface area contributed by atoms with Crippen molar-refractivity contribution in [3.63, 3.8) is 0 Å². The average molecular weight is 243 g/mol. The quantitative estimate of drug-likeness (QED) is 0.827. The van der Waals surface area contributed by atoms with Gasteiger partial charge >= 0.3 is 6.18 Å². The van der Waals surface area contributed by atoms with Crippen LogP contribution in [0.2, 0.25) is 0 Å². The maximum atomic E-state index is 12.2. The summed E-state index contributed by atoms with van der Waals surface area (Å²) in [5.74, 6) is 0.243. The number of nitrogens with one attached hydrogen (secondary N) is 1. The fourth-order valence-corrected chi connectivity index (χ4v) is 2.35. The van der Waals surface area contributed by atoms with Crippen molar-refractivity contribution in [1.29, 1.82) is 0 Å². The van der Waals surface area contributed by atoms with Crippen LogP contribution >= 0.6 is 0 Å². The molecule has 4 heteroatoms. The Balaban J connectivity index is 2.02. The molecule has 1 aromatic carbocycles. The molecular formula is C13H16F3N. The van der Waals surface area contributed by atoms with Gasteiger partial charge in [-0.25, -0.2) is 0 Å². The van der Waals surface area contributed by atoms with Gasteiger partial charge in [0.2, 0.25) is 0 Å². The molecule has 0 aliphatic carbocycles. The molecule has 2 unspecified atom stereocenters. The number of alkyl halides is 3. The van der Waals surface area contributed by atoms with Crippen molar-refractivity contribution in [3.8, 4) is 0 Å². The standard InChI is InChI=1S/C13H16F3N/c1-9-8-10-4-2-3-5-12(10)17-11(9)6-7-13(14,15)16/h2-5,9,11,17H,6-8H2,1H3. The highest BCUT2D eigenvalue weighted by Crippen LogP contribution is 2.32. The second-order valence-corrected chi connectivity index (χ2v) is 4.74. The number of halogens is 3. The molecule has 1 aliphatic rings. The maximum Gasteiger partial charge on any atom is 0.389 e. The molecule has 2 atom stereocenters. The van der Waals surface area contributed by atoms with Gasteiger partial charge in [0.15, 0.2) is 0 Å². The van der Waals surface area contributed by atoms with Crippen molar-refractivity contribution in [2.45, 2.75) is 38.4 Å². The lowest BCUT2D eigenvalue weighted by atomic mass is 9.86. The summed E-state index contributed by atoms with van der Waals surface area (Å²) in [5, 5.41) is 3.22. The normalized spacial score (nSPS) is 24.0. The molecule has 2 rings (SSSR count). The van der Waals surface area contributed by atoms with Crippen LogP contribution in [0.4, 0.5) is 18.9 Å². The molecule has 0 bridgehead atoms. The van der Waals surface area contributed by atoms with Gasteiger partial charge in [0.25, 0.3) is 0 Å². The highest BCUT2D eigenvalue weighted by molar-refractivity contribution is 5.54. The van der Waals surface area contributed by atoms with Gasteiger partial charge in [0, 0.05) is 18.2 Å². The van der Waals surface area contributed by atoms with E-state index in [4.69, 9.17) is 0 Å². The molecule has 17 heavy (non-hydrogen) atoms. The summed E-state index contributed by atoms with van der Waals surface area (Å²) in [6.07, 6.45) is -3.76. The molecule has 0 amide bonds. The van der Waals surface area contributed by atoms with Crippen molar-refractivity contribution >= 4 is 5.69 Å². The van der Waals surface area contributed by atoms with Gasteiger partial charge in [-0.2, -0.15) is 13.2 Å². The van der Waals surface area contributed by atoms with Crippen LogP contribution in [0.3, 0.4) is 0 Å². The number of para-hydroxylation sites is 1. The summed E-state index contributed by atoms with van der Waals surface area (Å²) in [5.41, 5.74) is 2.18. The molecule has 0 spiro atoms. The van der Waals surface area contributed by atoms with E-state index in [0.717, 1.165) is 12.1 Å². The van der Waals surface area contributed by atoms with Crippen LogP contribution < -0.4 is 5.32 Å². The smallest absolute Gasteiger partial charge is 0.382 e. The van der Waals surface area contributed by atoms with Crippen LogP contribution in [0.15, 0.2) is 24.3 Å². The number of rotatable bonds is 2. The number of benzene rings is 1. The second kappa shape index (κ2) is 4.59. The van der Waals surface area contributed by atoms with Crippen molar-refractivity contribution in [1.82, 2.24) is 0 Å². The van der Waals surface area contributed by atoms with E-state index >= 15 is 0 Å². The molecule has 1 N–H and O–H groups in total. The van der Waals surface area contributed by atoms with E-state index in [0.29, 0.717) is 0 Å². The van der Waals surface area contributed by atoms with Crippen LogP contribution in [-0.2, 0) is 6.42 Å². The van der Waals surface area contributed by atoms with Gasteiger partial charge < -0.3 is 5.32 Å². The van der Waals surface area contributed by atoms with Crippen LogP contribution in [0, 0.1) is 5.92 Å². The zero-order chi connectivity index (χ0) is 12.5. The van der Waals surface area contributed by atoms with Crippen molar-refractivity contribution in [2.75, 3.05) is 5.32 Å². The Morgan fingerprint density at radius 3 is 2.71 bits per heavy atom. The van der Waals surface area contributed by atoms with Crippen LogP contribution in [-0.4, -0.2) is 12.2 Å². The highest BCUT2D eigenvalue weighted by atomic mass is 19.4. The molecule has 1 nitrogen and oxygen atoms in total. The molecule has 0 radical (unpaired) electrons. The minimum Gasteiger partial charge on any atom is -0.382 e. The third kappa shape index (κ3) is 3.14. The largest absolute Gasteiger partial charge is 0.389 e. The van der Waals surface area contributed by atoms with Gasteiger partial charge in [-0.15, -0.1) is 0 Å². The number of fused-ring (bicyclic) bond motifs is 1. The van der Waals surface area contributed by atoms with Gasteiger partial charge in [0.1, 0.15) is 0 Å². The van der Waals surface area contributed by atoms with Crippen LogP contribution in [0.5, 0.6) is 0 Å². The molecule has 0 aromatic heterocycles. The molecule has 1 aliphatic heterocycles. The van der Waals surface area contributed by atoms with Gasteiger partial charge in [0.05, 0.1) is 0 Å². The predicted octanol–water partition coefficient (Wildman–Crippen LogP) is 4.00. The monoisotopic (exact) mass is 243 g/mol. The minimum atomic E-state index is -4.06. The lowest BCUT2D eigenvalue weighted by Crippen LogP contribution is -2.34. The molecule has 1 heterocycles. The van der Waals surface area contributed by atoms with Gasteiger partial charge in [-0.1, -0.05) is 25.1 Å². The lowest BCUT2D eigenvalue weighted by molar-refractivity contribution is -0.136. The summed E-state index contributed by atoms with van der Waals surface area (Å²) < 4.78 is 36.6. The van der Waals surface area contributed by atoms with E-state index in [9.17, 15) is 13.2 Å². The zero-order valence-electron chi connectivity index (χ0n) is 9.72. The minimum absolute atomic E-state index is 0.0773. The van der Waals surface area contributed by atoms with E-state index in [-0.39, 0.29) is 18.4 Å². The Kier molecular flexibility index (Phi) is 3.31. The molecule has 0 saturated carbocycles. The Morgan fingerprint density at radius 1 is 1.29 bits per heavy atom. The highest BCUT2D eigenvalue weighted by Gasteiger charge is 2.31. The summed E-state index contributed by atoms with van der Waals surface area (Å²) in [6.45, 7) is 2.00. The molecule has 0 saturated heterocycles. The zero-order valence-corrected chi connectivity index (χ0v) is 9.72. The van der Waals surface area contributed by atoms with E-state index in [1.54, 1.807) is 0 Å². The summed E-state index contributed by atoms with van der Waals surface area (Å²) in [7, 11) is 0. The average Bonchev–Trinajstić information content (AvgIpc) is 2.25. The number of hydrogen-bond acceptors (Lipinski definition) is 1. The second-order valence-electron chi connectivity index (χ2n) is 4.74. The topological polar surface area (TPSA) is 12.0 Å². The number of anilines is 1. The van der Waals surface area contributed by atoms with E-state index in [1.165, 1.54) is 5.56 Å². The van der Waals surface area contributed by atoms with Crippen molar-refractivity contribution in [2.24, 2.45) is 5.92 Å². The Morgan fingerprint density at radius 2 is 2.00 bits per heavy atom. The molecule has 94 valence electrons. The van der Waals surface area contributed by atoms with Gasteiger partial charge in [-0.3, -0.25) is 0 Å². The summed E-state index contributed by atoms with van der Waals surface area (Å²) in [6, 6.07) is 7.75. The Bertz CT molecular complexity index is 386. The third-order valence-electron chi connectivity index (χ3n) is 3.33. The lowest BCUT2D eigenvalue weighted by Gasteiger charge is -2.33. The maximum absolute atomic E-state index is 12.2. The van der Waals surface area contributed by atoms with Crippen molar-refractivity contribution in [3.05, 3.63) is 29.8 Å². The molecule has 0 fully saturated rings. The summed E-state index contributed by atoms with van der Waals surface area (Å²) in [4.78, 5) is 0. The number of hydrogen-bond donors (Lipinski definition) is 1. The Labute approximate surface area is 99.0 Å². The van der Waals surface area contributed by atoms with E-state index in [1.807, 2.05) is 31.2 Å². The SMILES string of the molecule is CC1Cc2ccccc2NC1CCC(F)(F)F. The first-order chi connectivity index (χ1) is 7.96.